The first-order valence-electron chi connectivity index (χ1n) is 9.62. The van der Waals surface area contributed by atoms with Gasteiger partial charge in [0.2, 0.25) is 15.9 Å². The SMILES string of the molecule is CC(C(=O)NCc1ccc(N2CCCC2)cc1)N(c1cccc(Cl)c1)S(C)(=O)=O. The maximum atomic E-state index is 12.7. The molecule has 1 aliphatic heterocycles. The first-order valence-corrected chi connectivity index (χ1v) is 11.8. The van der Waals surface area contributed by atoms with Crippen LogP contribution in [0.5, 0.6) is 0 Å². The lowest BCUT2D eigenvalue weighted by Gasteiger charge is -2.28. The van der Waals surface area contributed by atoms with Crippen molar-refractivity contribution < 1.29 is 13.2 Å². The summed E-state index contributed by atoms with van der Waals surface area (Å²) >= 11 is 6.00. The van der Waals surface area contributed by atoms with Gasteiger partial charge in [0.15, 0.2) is 0 Å². The molecule has 1 fully saturated rings. The molecule has 1 amide bonds. The van der Waals surface area contributed by atoms with E-state index in [4.69, 9.17) is 11.6 Å². The Bertz CT molecular complexity index is 957. The molecule has 3 rings (SSSR count). The van der Waals surface area contributed by atoms with Gasteiger partial charge in [0.05, 0.1) is 11.9 Å². The summed E-state index contributed by atoms with van der Waals surface area (Å²) < 4.78 is 25.7. The second-order valence-electron chi connectivity index (χ2n) is 7.29. The maximum absolute atomic E-state index is 12.7. The third kappa shape index (κ3) is 5.42. The first kappa shape index (κ1) is 21.5. The van der Waals surface area contributed by atoms with Gasteiger partial charge in [-0.2, -0.15) is 0 Å². The second kappa shape index (κ2) is 9.05. The number of hydrogen-bond acceptors (Lipinski definition) is 4. The highest BCUT2D eigenvalue weighted by Gasteiger charge is 2.29. The molecule has 6 nitrogen and oxygen atoms in total. The van der Waals surface area contributed by atoms with E-state index in [-0.39, 0.29) is 5.91 Å². The molecular formula is C21H26ClN3O3S. The fourth-order valence-electron chi connectivity index (χ4n) is 3.56. The molecule has 1 aliphatic rings. The average Bonchev–Trinajstić information content (AvgIpc) is 3.20. The molecule has 1 unspecified atom stereocenters. The average molecular weight is 436 g/mol. The van der Waals surface area contributed by atoms with Crippen molar-refractivity contribution in [2.24, 2.45) is 0 Å². The van der Waals surface area contributed by atoms with Crippen molar-refractivity contribution >= 4 is 38.9 Å². The van der Waals surface area contributed by atoms with Crippen molar-refractivity contribution in [2.75, 3.05) is 28.6 Å². The molecule has 2 aromatic carbocycles. The van der Waals surface area contributed by atoms with Gasteiger partial charge in [-0.15, -0.1) is 0 Å². The molecule has 2 aromatic rings. The molecular weight excluding hydrogens is 410 g/mol. The zero-order chi connectivity index (χ0) is 21.0. The van der Waals surface area contributed by atoms with Gasteiger partial charge in [0, 0.05) is 30.3 Å². The fourth-order valence-corrected chi connectivity index (χ4v) is 4.91. The molecule has 1 saturated heterocycles. The molecule has 0 saturated carbocycles. The number of sulfonamides is 1. The monoisotopic (exact) mass is 435 g/mol. The number of halogens is 1. The van der Waals surface area contributed by atoms with E-state index in [2.05, 4.69) is 22.3 Å². The third-order valence-corrected chi connectivity index (χ3v) is 6.50. The summed E-state index contributed by atoms with van der Waals surface area (Å²) in [5.41, 5.74) is 2.51. The predicted molar refractivity (Wildman–Crippen MR) is 118 cm³/mol. The zero-order valence-corrected chi connectivity index (χ0v) is 18.2. The van der Waals surface area contributed by atoms with Crippen LogP contribution in [-0.2, 0) is 21.4 Å². The van der Waals surface area contributed by atoms with Gasteiger partial charge in [-0.1, -0.05) is 29.8 Å². The van der Waals surface area contributed by atoms with E-state index in [1.807, 2.05) is 12.1 Å². The Kier molecular flexibility index (Phi) is 6.70. The van der Waals surface area contributed by atoms with E-state index in [0.717, 1.165) is 29.2 Å². The Morgan fingerprint density at radius 3 is 2.41 bits per heavy atom. The van der Waals surface area contributed by atoms with Crippen LogP contribution in [0.2, 0.25) is 5.02 Å². The Morgan fingerprint density at radius 1 is 1.17 bits per heavy atom. The highest BCUT2D eigenvalue weighted by Crippen LogP contribution is 2.24. The lowest BCUT2D eigenvalue weighted by Crippen LogP contribution is -2.47. The lowest BCUT2D eigenvalue weighted by molar-refractivity contribution is -0.122. The van der Waals surface area contributed by atoms with Crippen LogP contribution in [0.15, 0.2) is 48.5 Å². The van der Waals surface area contributed by atoms with Crippen LogP contribution in [0.3, 0.4) is 0 Å². The number of carbonyl (C=O) groups excluding carboxylic acids is 1. The Labute approximate surface area is 177 Å². The summed E-state index contributed by atoms with van der Waals surface area (Å²) in [5.74, 6) is -0.376. The minimum atomic E-state index is -3.67. The molecule has 8 heteroatoms. The van der Waals surface area contributed by atoms with Gasteiger partial charge in [-0.3, -0.25) is 9.10 Å². The quantitative estimate of drug-likeness (QED) is 0.723. The molecule has 29 heavy (non-hydrogen) atoms. The minimum Gasteiger partial charge on any atom is -0.372 e. The van der Waals surface area contributed by atoms with Gasteiger partial charge < -0.3 is 10.2 Å². The van der Waals surface area contributed by atoms with E-state index in [9.17, 15) is 13.2 Å². The van der Waals surface area contributed by atoms with Gasteiger partial charge >= 0.3 is 0 Å². The topological polar surface area (TPSA) is 69.7 Å². The lowest BCUT2D eigenvalue weighted by atomic mass is 10.2. The van der Waals surface area contributed by atoms with Crippen LogP contribution in [0.25, 0.3) is 0 Å². The standard InChI is InChI=1S/C21H26ClN3O3S/c1-16(25(29(2,27)28)20-7-5-6-18(22)14-20)21(26)23-15-17-8-10-19(11-9-17)24-12-3-4-13-24/h5-11,14,16H,3-4,12-13,15H2,1-2H3,(H,23,26). The van der Waals surface area contributed by atoms with Gasteiger partial charge in [-0.05, 0) is 55.7 Å². The van der Waals surface area contributed by atoms with Gasteiger partial charge in [0.1, 0.15) is 6.04 Å². The second-order valence-corrected chi connectivity index (χ2v) is 9.59. The van der Waals surface area contributed by atoms with Crippen LogP contribution in [0.1, 0.15) is 25.3 Å². The molecule has 0 radical (unpaired) electrons. The molecule has 0 bridgehead atoms. The van der Waals surface area contributed by atoms with Gasteiger partial charge in [0.25, 0.3) is 0 Å². The predicted octanol–water partition coefficient (Wildman–Crippen LogP) is 3.41. The molecule has 0 aliphatic carbocycles. The van der Waals surface area contributed by atoms with Crippen molar-refractivity contribution in [3.8, 4) is 0 Å². The van der Waals surface area contributed by atoms with E-state index in [1.165, 1.54) is 24.6 Å². The van der Waals surface area contributed by atoms with Crippen molar-refractivity contribution in [3.05, 3.63) is 59.1 Å². The Balaban J connectivity index is 1.66. The highest BCUT2D eigenvalue weighted by molar-refractivity contribution is 7.92. The van der Waals surface area contributed by atoms with Crippen molar-refractivity contribution in [1.82, 2.24) is 5.32 Å². The summed E-state index contributed by atoms with van der Waals surface area (Å²) in [7, 11) is -3.67. The zero-order valence-electron chi connectivity index (χ0n) is 16.6. The number of nitrogens with one attached hydrogen (secondary N) is 1. The number of amides is 1. The Hall–Kier alpha value is -2.25. The van der Waals surface area contributed by atoms with Crippen LogP contribution in [0, 0.1) is 0 Å². The van der Waals surface area contributed by atoms with E-state index in [0.29, 0.717) is 17.3 Å². The first-order chi connectivity index (χ1) is 13.8. The number of rotatable bonds is 7. The fraction of sp³-hybridized carbons (Fsp3) is 0.381. The van der Waals surface area contributed by atoms with Crippen LogP contribution < -0.4 is 14.5 Å². The minimum absolute atomic E-state index is 0.330. The van der Waals surface area contributed by atoms with Crippen LogP contribution in [-0.4, -0.2) is 39.7 Å². The summed E-state index contributed by atoms with van der Waals surface area (Å²) in [6.45, 7) is 4.06. The summed E-state index contributed by atoms with van der Waals surface area (Å²) in [6, 6.07) is 13.7. The van der Waals surface area contributed by atoms with Crippen LogP contribution >= 0.6 is 11.6 Å². The number of hydrogen-bond donors (Lipinski definition) is 1. The van der Waals surface area contributed by atoms with Crippen molar-refractivity contribution in [3.63, 3.8) is 0 Å². The molecule has 1 atom stereocenters. The molecule has 1 heterocycles. The number of nitrogens with zero attached hydrogens (tertiary/aromatic N) is 2. The highest BCUT2D eigenvalue weighted by atomic mass is 35.5. The molecule has 156 valence electrons. The van der Waals surface area contributed by atoms with Crippen LogP contribution in [0.4, 0.5) is 11.4 Å². The number of carbonyl (C=O) groups is 1. The summed E-state index contributed by atoms with van der Waals surface area (Å²) in [4.78, 5) is 15.0. The normalized spacial score (nSPS) is 15.2. The maximum Gasteiger partial charge on any atom is 0.243 e. The Morgan fingerprint density at radius 2 is 1.83 bits per heavy atom. The number of anilines is 2. The smallest absolute Gasteiger partial charge is 0.243 e. The van der Waals surface area contributed by atoms with E-state index < -0.39 is 16.1 Å². The number of benzene rings is 2. The van der Waals surface area contributed by atoms with Crippen molar-refractivity contribution in [2.45, 2.75) is 32.4 Å². The molecule has 0 aromatic heterocycles. The third-order valence-electron chi connectivity index (χ3n) is 5.03. The molecule has 0 spiro atoms. The van der Waals surface area contributed by atoms with Crippen molar-refractivity contribution in [1.29, 1.82) is 0 Å². The largest absolute Gasteiger partial charge is 0.372 e. The van der Waals surface area contributed by atoms with Gasteiger partial charge in [-0.25, -0.2) is 8.42 Å². The summed E-state index contributed by atoms with van der Waals surface area (Å²) in [5, 5.41) is 3.24. The van der Waals surface area contributed by atoms with E-state index >= 15 is 0 Å². The molecule has 1 N–H and O–H groups in total. The summed E-state index contributed by atoms with van der Waals surface area (Å²) in [6.07, 6.45) is 3.52. The van der Waals surface area contributed by atoms with E-state index in [1.54, 1.807) is 25.1 Å².